The molecule has 0 spiro atoms. The van der Waals surface area contributed by atoms with Crippen LogP contribution in [0, 0.1) is 10.8 Å². The summed E-state index contributed by atoms with van der Waals surface area (Å²) in [7, 11) is 0. The van der Waals surface area contributed by atoms with Crippen molar-refractivity contribution in [1.82, 2.24) is 0 Å². The van der Waals surface area contributed by atoms with E-state index < -0.39 is 0 Å². The number of fused-ring (bicyclic) bond motifs is 1. The average Bonchev–Trinajstić information content (AvgIpc) is 2.20. The molecule has 1 fully saturated rings. The third-order valence-corrected chi connectivity index (χ3v) is 4.72. The van der Waals surface area contributed by atoms with Gasteiger partial charge in [-0.15, -0.1) is 0 Å². The SMILES string of the molecule is CC1=C(C)[C@@]2(C)CC(O)C[C@@]12C. The van der Waals surface area contributed by atoms with E-state index >= 15 is 0 Å². The zero-order valence-corrected chi connectivity index (χ0v) is 8.44. The molecular formula is C11H18O. The second kappa shape index (κ2) is 1.95. The number of hydrogen-bond donors (Lipinski definition) is 1. The number of allylic oxidation sites excluding steroid dienone is 2. The van der Waals surface area contributed by atoms with Crippen molar-refractivity contribution in [2.45, 2.75) is 46.6 Å². The molecule has 2 rings (SSSR count). The van der Waals surface area contributed by atoms with Crippen molar-refractivity contribution in [3.8, 4) is 0 Å². The van der Waals surface area contributed by atoms with Gasteiger partial charge in [0.1, 0.15) is 0 Å². The molecule has 68 valence electrons. The van der Waals surface area contributed by atoms with Crippen LogP contribution in [-0.2, 0) is 0 Å². The van der Waals surface area contributed by atoms with Crippen LogP contribution in [-0.4, -0.2) is 11.2 Å². The normalized spacial score (nSPS) is 52.2. The summed E-state index contributed by atoms with van der Waals surface area (Å²) >= 11 is 0. The molecule has 1 N–H and O–H groups in total. The fourth-order valence-corrected chi connectivity index (χ4v) is 3.36. The minimum Gasteiger partial charge on any atom is -0.393 e. The van der Waals surface area contributed by atoms with Gasteiger partial charge in [-0.3, -0.25) is 0 Å². The molecule has 1 nitrogen and oxygen atoms in total. The summed E-state index contributed by atoms with van der Waals surface area (Å²) in [5, 5.41) is 9.65. The first kappa shape index (κ1) is 8.31. The van der Waals surface area contributed by atoms with Gasteiger partial charge in [0, 0.05) is 10.8 Å². The monoisotopic (exact) mass is 166 g/mol. The summed E-state index contributed by atoms with van der Waals surface area (Å²) in [6.07, 6.45) is 1.85. The number of aliphatic hydroxyl groups is 1. The minimum absolute atomic E-state index is 0.0765. The molecule has 2 aliphatic carbocycles. The Labute approximate surface area is 74.5 Å². The van der Waals surface area contributed by atoms with Gasteiger partial charge in [0.15, 0.2) is 0 Å². The van der Waals surface area contributed by atoms with Crippen LogP contribution in [0.25, 0.3) is 0 Å². The molecule has 0 radical (unpaired) electrons. The number of hydrogen-bond acceptors (Lipinski definition) is 1. The van der Waals surface area contributed by atoms with Gasteiger partial charge >= 0.3 is 0 Å². The fraction of sp³-hybridized carbons (Fsp3) is 0.818. The van der Waals surface area contributed by atoms with Crippen LogP contribution in [0.2, 0.25) is 0 Å². The Morgan fingerprint density at radius 3 is 1.75 bits per heavy atom. The van der Waals surface area contributed by atoms with E-state index in [1.165, 1.54) is 11.1 Å². The summed E-state index contributed by atoms with van der Waals surface area (Å²) in [4.78, 5) is 0. The second-order valence-corrected chi connectivity index (χ2v) is 4.98. The third-order valence-electron chi connectivity index (χ3n) is 4.72. The van der Waals surface area contributed by atoms with Gasteiger partial charge in [0.25, 0.3) is 0 Å². The highest BCUT2D eigenvalue weighted by Gasteiger charge is 2.60. The van der Waals surface area contributed by atoms with Gasteiger partial charge in [0.05, 0.1) is 6.10 Å². The van der Waals surface area contributed by atoms with E-state index in [4.69, 9.17) is 0 Å². The van der Waals surface area contributed by atoms with E-state index in [1.54, 1.807) is 0 Å². The molecule has 2 aliphatic rings. The molecule has 0 aromatic rings. The maximum atomic E-state index is 9.65. The molecule has 3 atom stereocenters. The van der Waals surface area contributed by atoms with Crippen molar-refractivity contribution in [3.63, 3.8) is 0 Å². The summed E-state index contributed by atoms with van der Waals surface area (Å²) in [6, 6.07) is 0. The molecule has 12 heavy (non-hydrogen) atoms. The molecule has 1 unspecified atom stereocenters. The lowest BCUT2D eigenvalue weighted by Gasteiger charge is -2.53. The quantitative estimate of drug-likeness (QED) is 0.548. The number of aliphatic hydroxyl groups excluding tert-OH is 1. The molecular weight excluding hydrogens is 148 g/mol. The van der Waals surface area contributed by atoms with Crippen molar-refractivity contribution in [1.29, 1.82) is 0 Å². The lowest BCUT2D eigenvalue weighted by Crippen LogP contribution is -2.44. The Morgan fingerprint density at radius 1 is 1.08 bits per heavy atom. The number of rotatable bonds is 0. The fourth-order valence-electron chi connectivity index (χ4n) is 3.36. The van der Waals surface area contributed by atoms with Crippen LogP contribution in [0.1, 0.15) is 40.5 Å². The molecule has 0 bridgehead atoms. The largest absolute Gasteiger partial charge is 0.393 e. The second-order valence-electron chi connectivity index (χ2n) is 4.98. The predicted octanol–water partition coefficient (Wildman–Crippen LogP) is 2.50. The Balaban J connectivity index is 2.44. The van der Waals surface area contributed by atoms with Crippen molar-refractivity contribution in [3.05, 3.63) is 11.1 Å². The first-order chi connectivity index (χ1) is 5.42. The van der Waals surface area contributed by atoms with Crippen LogP contribution in [0.4, 0.5) is 0 Å². The van der Waals surface area contributed by atoms with Crippen LogP contribution in [0.15, 0.2) is 11.1 Å². The maximum Gasteiger partial charge on any atom is 0.0557 e. The standard InChI is InChI=1S/C11H18O/c1-7-8(2)11(4)6-9(12)5-10(7,11)3/h9,12H,5-6H2,1-4H3/t9?,10-,11+. The Morgan fingerprint density at radius 2 is 1.42 bits per heavy atom. The van der Waals surface area contributed by atoms with Gasteiger partial charge < -0.3 is 5.11 Å². The summed E-state index contributed by atoms with van der Waals surface area (Å²) in [5.74, 6) is 0. The topological polar surface area (TPSA) is 20.2 Å². The van der Waals surface area contributed by atoms with E-state index in [1.807, 2.05) is 0 Å². The van der Waals surface area contributed by atoms with E-state index in [2.05, 4.69) is 27.7 Å². The highest BCUT2D eigenvalue weighted by Crippen LogP contribution is 2.68. The van der Waals surface area contributed by atoms with Gasteiger partial charge in [-0.25, -0.2) is 0 Å². The molecule has 0 aromatic carbocycles. The molecule has 0 aliphatic heterocycles. The van der Waals surface area contributed by atoms with E-state index in [0.29, 0.717) is 10.8 Å². The molecule has 0 amide bonds. The maximum absolute atomic E-state index is 9.65. The first-order valence-corrected chi connectivity index (χ1v) is 4.78. The smallest absolute Gasteiger partial charge is 0.0557 e. The molecule has 0 heterocycles. The average molecular weight is 166 g/mol. The summed E-state index contributed by atoms with van der Waals surface area (Å²) in [6.45, 7) is 9.03. The lowest BCUT2D eigenvalue weighted by molar-refractivity contribution is 0.142. The highest BCUT2D eigenvalue weighted by molar-refractivity contribution is 5.42. The van der Waals surface area contributed by atoms with E-state index in [-0.39, 0.29) is 6.10 Å². The first-order valence-electron chi connectivity index (χ1n) is 4.78. The van der Waals surface area contributed by atoms with Crippen LogP contribution in [0.3, 0.4) is 0 Å². The molecule has 0 aromatic heterocycles. The summed E-state index contributed by atoms with van der Waals surface area (Å²) in [5.41, 5.74) is 3.63. The minimum atomic E-state index is -0.0765. The van der Waals surface area contributed by atoms with Gasteiger partial charge in [-0.2, -0.15) is 0 Å². The summed E-state index contributed by atoms with van der Waals surface area (Å²) < 4.78 is 0. The van der Waals surface area contributed by atoms with E-state index in [0.717, 1.165) is 12.8 Å². The lowest BCUT2D eigenvalue weighted by atomic mass is 9.50. The van der Waals surface area contributed by atoms with Gasteiger partial charge in [-0.05, 0) is 26.7 Å². The third kappa shape index (κ3) is 0.610. The van der Waals surface area contributed by atoms with Crippen LogP contribution < -0.4 is 0 Å². The van der Waals surface area contributed by atoms with E-state index in [9.17, 15) is 5.11 Å². The zero-order chi connectivity index (χ0) is 9.15. The molecule has 1 saturated carbocycles. The highest BCUT2D eigenvalue weighted by atomic mass is 16.3. The van der Waals surface area contributed by atoms with Crippen molar-refractivity contribution < 1.29 is 5.11 Å². The Bertz CT molecular complexity index is 240. The van der Waals surface area contributed by atoms with Crippen molar-refractivity contribution >= 4 is 0 Å². The molecule has 1 heteroatoms. The predicted molar refractivity (Wildman–Crippen MR) is 49.8 cm³/mol. The Kier molecular flexibility index (Phi) is 1.35. The van der Waals surface area contributed by atoms with Gasteiger partial charge in [-0.1, -0.05) is 25.0 Å². The van der Waals surface area contributed by atoms with Crippen LogP contribution in [0.5, 0.6) is 0 Å². The molecule has 0 saturated heterocycles. The Hall–Kier alpha value is -0.300. The van der Waals surface area contributed by atoms with Gasteiger partial charge in [0.2, 0.25) is 0 Å². The van der Waals surface area contributed by atoms with Crippen molar-refractivity contribution in [2.24, 2.45) is 10.8 Å². The zero-order valence-electron chi connectivity index (χ0n) is 8.44. The van der Waals surface area contributed by atoms with Crippen LogP contribution >= 0.6 is 0 Å². The van der Waals surface area contributed by atoms with Crippen molar-refractivity contribution in [2.75, 3.05) is 0 Å².